The topological polar surface area (TPSA) is 55.1 Å². The highest BCUT2D eigenvalue weighted by Crippen LogP contribution is 1.99. The minimum Gasteiger partial charge on any atom is -0.376 e. The first-order valence-electron chi connectivity index (χ1n) is 4.02. The predicted molar refractivity (Wildman–Crippen MR) is 59.8 cm³/mol. The van der Waals surface area contributed by atoms with E-state index in [0.717, 1.165) is 0 Å². The van der Waals surface area contributed by atoms with E-state index in [0.29, 0.717) is 5.56 Å². The van der Waals surface area contributed by atoms with Crippen molar-refractivity contribution in [2.45, 2.75) is 0 Å². The zero-order valence-electron chi connectivity index (χ0n) is 7.44. The lowest BCUT2D eigenvalue weighted by Gasteiger charge is -1.95. The van der Waals surface area contributed by atoms with E-state index < -0.39 is 0 Å². The van der Waals surface area contributed by atoms with Crippen LogP contribution in [-0.2, 0) is 0 Å². The zero-order valence-corrected chi connectivity index (χ0v) is 8.25. The third kappa shape index (κ3) is 3.37. The molecule has 4 heteroatoms. The fourth-order valence-corrected chi connectivity index (χ4v) is 0.966. The Hall–Kier alpha value is -1.68. The lowest BCUT2D eigenvalue weighted by atomic mass is 10.1. The van der Waals surface area contributed by atoms with Crippen LogP contribution in [0.25, 0.3) is 0 Å². The monoisotopic (exact) mass is 206 g/mol. The summed E-state index contributed by atoms with van der Waals surface area (Å²) < 4.78 is 0. The molecule has 14 heavy (non-hydrogen) atoms. The molecule has 0 atom stereocenters. The van der Waals surface area contributed by atoms with Gasteiger partial charge in [0.2, 0.25) is 0 Å². The van der Waals surface area contributed by atoms with Crippen molar-refractivity contribution in [1.82, 2.24) is 5.32 Å². The number of benzene rings is 1. The van der Waals surface area contributed by atoms with Crippen LogP contribution in [0.5, 0.6) is 0 Å². The average Bonchev–Trinajstić information content (AvgIpc) is 2.18. The van der Waals surface area contributed by atoms with Gasteiger partial charge in [-0.05, 0) is 12.2 Å². The van der Waals surface area contributed by atoms with Crippen LogP contribution in [0, 0.1) is 0 Å². The molecule has 1 aromatic carbocycles. The number of ketones is 1. The zero-order chi connectivity index (χ0) is 10.4. The van der Waals surface area contributed by atoms with Gasteiger partial charge in [-0.3, -0.25) is 4.79 Å². The van der Waals surface area contributed by atoms with Gasteiger partial charge in [0.25, 0.3) is 0 Å². The van der Waals surface area contributed by atoms with Gasteiger partial charge in [0.05, 0.1) is 0 Å². The highest BCUT2D eigenvalue weighted by atomic mass is 32.1. The highest BCUT2D eigenvalue weighted by molar-refractivity contribution is 7.80. The summed E-state index contributed by atoms with van der Waals surface area (Å²) in [4.78, 5) is 11.4. The van der Waals surface area contributed by atoms with Crippen molar-refractivity contribution in [1.29, 1.82) is 0 Å². The Labute approximate surface area is 87.6 Å². The smallest absolute Gasteiger partial charge is 0.187 e. The first kappa shape index (κ1) is 10.4. The molecule has 0 aliphatic heterocycles. The number of hydrogen-bond donors (Lipinski definition) is 2. The third-order valence-corrected chi connectivity index (χ3v) is 1.64. The molecule has 0 aromatic heterocycles. The Morgan fingerprint density at radius 3 is 2.57 bits per heavy atom. The second-order valence-corrected chi connectivity index (χ2v) is 3.01. The molecular formula is C10H10N2OS. The van der Waals surface area contributed by atoms with Crippen LogP contribution in [0.15, 0.2) is 42.6 Å². The number of allylic oxidation sites excluding steroid dienone is 1. The Bertz CT molecular complexity index is 360. The van der Waals surface area contributed by atoms with Crippen LogP contribution in [0.2, 0.25) is 0 Å². The number of carbonyl (C=O) groups is 1. The number of rotatable bonds is 3. The molecular weight excluding hydrogens is 196 g/mol. The predicted octanol–water partition coefficient (Wildman–Crippen LogP) is 1.22. The van der Waals surface area contributed by atoms with Gasteiger partial charge in [0.1, 0.15) is 0 Å². The Kier molecular flexibility index (Phi) is 3.82. The molecule has 0 spiro atoms. The number of carbonyl (C=O) groups excluding carboxylic acids is 1. The van der Waals surface area contributed by atoms with Crippen LogP contribution in [0.3, 0.4) is 0 Å². The molecule has 1 aromatic rings. The fraction of sp³-hybridized carbons (Fsp3) is 0. The molecule has 0 saturated heterocycles. The van der Waals surface area contributed by atoms with Crippen molar-refractivity contribution in [3.05, 3.63) is 48.2 Å². The van der Waals surface area contributed by atoms with Crippen LogP contribution in [0.4, 0.5) is 0 Å². The second kappa shape index (κ2) is 5.14. The van der Waals surface area contributed by atoms with E-state index in [1.54, 1.807) is 12.1 Å². The van der Waals surface area contributed by atoms with E-state index in [4.69, 9.17) is 5.73 Å². The Morgan fingerprint density at radius 1 is 1.36 bits per heavy atom. The van der Waals surface area contributed by atoms with Crippen LogP contribution in [0.1, 0.15) is 10.4 Å². The van der Waals surface area contributed by atoms with E-state index in [1.807, 2.05) is 18.2 Å². The summed E-state index contributed by atoms with van der Waals surface area (Å²) in [7, 11) is 0. The van der Waals surface area contributed by atoms with E-state index in [9.17, 15) is 4.79 Å². The lowest BCUT2D eigenvalue weighted by Crippen LogP contribution is -2.23. The van der Waals surface area contributed by atoms with Gasteiger partial charge in [-0.2, -0.15) is 0 Å². The molecule has 0 aliphatic carbocycles. The Morgan fingerprint density at radius 2 is 2.00 bits per heavy atom. The van der Waals surface area contributed by atoms with Crippen LogP contribution in [-0.4, -0.2) is 10.9 Å². The highest BCUT2D eigenvalue weighted by Gasteiger charge is 1.98. The molecule has 0 unspecified atom stereocenters. The van der Waals surface area contributed by atoms with Crippen molar-refractivity contribution < 1.29 is 4.79 Å². The van der Waals surface area contributed by atoms with Crippen molar-refractivity contribution in [3.63, 3.8) is 0 Å². The maximum absolute atomic E-state index is 11.4. The van der Waals surface area contributed by atoms with Gasteiger partial charge in [0, 0.05) is 17.8 Å². The molecule has 0 saturated carbocycles. The van der Waals surface area contributed by atoms with Crippen molar-refractivity contribution >= 4 is 23.1 Å². The number of nitrogens with two attached hydrogens (primary N) is 1. The van der Waals surface area contributed by atoms with E-state index in [1.165, 1.54) is 12.3 Å². The summed E-state index contributed by atoms with van der Waals surface area (Å²) >= 11 is 4.57. The molecule has 3 N–H and O–H groups in total. The Balaban J connectivity index is 2.59. The molecule has 72 valence electrons. The van der Waals surface area contributed by atoms with Crippen molar-refractivity contribution in [3.8, 4) is 0 Å². The summed E-state index contributed by atoms with van der Waals surface area (Å²) in [5.41, 5.74) is 5.81. The normalized spacial score (nSPS) is 10.0. The molecule has 0 aliphatic rings. The van der Waals surface area contributed by atoms with Crippen LogP contribution < -0.4 is 11.1 Å². The maximum atomic E-state index is 11.4. The standard InChI is InChI=1S/C10H10N2OS/c11-10(14)12-7-6-9(13)8-4-2-1-3-5-8/h1-7H,(H3,11,12,14)/b7-6+. The summed E-state index contributed by atoms with van der Waals surface area (Å²) in [6.45, 7) is 0. The molecule has 0 amide bonds. The minimum atomic E-state index is -0.0886. The molecule has 0 fully saturated rings. The van der Waals surface area contributed by atoms with Gasteiger partial charge >= 0.3 is 0 Å². The first-order chi connectivity index (χ1) is 6.70. The maximum Gasteiger partial charge on any atom is 0.187 e. The molecule has 0 radical (unpaired) electrons. The third-order valence-electron chi connectivity index (χ3n) is 1.52. The number of nitrogens with one attached hydrogen (secondary N) is 1. The van der Waals surface area contributed by atoms with E-state index in [-0.39, 0.29) is 10.9 Å². The molecule has 3 nitrogen and oxygen atoms in total. The quantitative estimate of drug-likeness (QED) is 0.443. The van der Waals surface area contributed by atoms with Crippen molar-refractivity contribution in [2.24, 2.45) is 5.73 Å². The minimum absolute atomic E-state index is 0.0886. The number of hydrogen-bond acceptors (Lipinski definition) is 2. The van der Waals surface area contributed by atoms with Crippen molar-refractivity contribution in [2.75, 3.05) is 0 Å². The molecule has 1 rings (SSSR count). The number of thiocarbonyl (C=S) groups is 1. The molecule has 0 bridgehead atoms. The largest absolute Gasteiger partial charge is 0.376 e. The summed E-state index contributed by atoms with van der Waals surface area (Å²) in [6.07, 6.45) is 2.81. The second-order valence-electron chi connectivity index (χ2n) is 2.57. The van der Waals surface area contributed by atoms with Gasteiger partial charge in [-0.1, -0.05) is 30.3 Å². The fourth-order valence-electron chi connectivity index (χ4n) is 0.898. The van der Waals surface area contributed by atoms with Gasteiger partial charge < -0.3 is 11.1 Å². The van der Waals surface area contributed by atoms with Gasteiger partial charge in [-0.15, -0.1) is 0 Å². The lowest BCUT2D eigenvalue weighted by molar-refractivity contribution is 0.104. The summed E-state index contributed by atoms with van der Waals surface area (Å²) in [5.74, 6) is -0.0886. The summed E-state index contributed by atoms with van der Waals surface area (Å²) in [6, 6.07) is 8.96. The first-order valence-corrected chi connectivity index (χ1v) is 4.43. The van der Waals surface area contributed by atoms with E-state index >= 15 is 0 Å². The summed E-state index contributed by atoms with van der Waals surface area (Å²) in [5, 5.41) is 2.69. The van der Waals surface area contributed by atoms with E-state index in [2.05, 4.69) is 17.5 Å². The SMILES string of the molecule is NC(=S)N/C=C/C(=O)c1ccccc1. The van der Waals surface area contributed by atoms with Crippen LogP contribution >= 0.6 is 12.2 Å². The average molecular weight is 206 g/mol. The van der Waals surface area contributed by atoms with Gasteiger partial charge in [-0.25, -0.2) is 0 Å². The van der Waals surface area contributed by atoms with Gasteiger partial charge in [0.15, 0.2) is 10.9 Å². The molecule has 0 heterocycles.